The van der Waals surface area contributed by atoms with E-state index in [2.05, 4.69) is 0 Å². The highest BCUT2D eigenvalue weighted by Crippen LogP contribution is 2.32. The molecular formula is C16H23FO. The first-order valence-corrected chi connectivity index (χ1v) is 7.02. The molecule has 1 aromatic carbocycles. The van der Waals surface area contributed by atoms with Gasteiger partial charge in [0.1, 0.15) is 5.82 Å². The van der Waals surface area contributed by atoms with Crippen molar-refractivity contribution >= 4 is 0 Å². The minimum Gasteiger partial charge on any atom is -0.388 e. The van der Waals surface area contributed by atoms with E-state index in [9.17, 15) is 9.50 Å². The van der Waals surface area contributed by atoms with Crippen molar-refractivity contribution in [2.75, 3.05) is 0 Å². The third-order valence-electron chi connectivity index (χ3n) is 4.17. The topological polar surface area (TPSA) is 20.2 Å². The summed E-state index contributed by atoms with van der Waals surface area (Å²) < 4.78 is 13.5. The van der Waals surface area contributed by atoms with Crippen LogP contribution in [-0.2, 0) is 0 Å². The van der Waals surface area contributed by atoms with E-state index in [4.69, 9.17) is 0 Å². The molecule has 1 fully saturated rings. The van der Waals surface area contributed by atoms with Gasteiger partial charge >= 0.3 is 0 Å². The molecule has 2 rings (SSSR count). The van der Waals surface area contributed by atoms with Crippen LogP contribution in [0, 0.1) is 25.6 Å². The molecule has 18 heavy (non-hydrogen) atoms. The van der Waals surface area contributed by atoms with Gasteiger partial charge in [0.05, 0.1) is 6.10 Å². The summed E-state index contributed by atoms with van der Waals surface area (Å²) in [6, 6.07) is 3.56. The Morgan fingerprint density at radius 2 is 1.78 bits per heavy atom. The molecule has 1 aliphatic carbocycles. The van der Waals surface area contributed by atoms with Crippen LogP contribution in [0.1, 0.15) is 61.3 Å². The largest absolute Gasteiger partial charge is 0.388 e. The fourth-order valence-corrected chi connectivity index (χ4v) is 3.03. The summed E-state index contributed by atoms with van der Waals surface area (Å²) >= 11 is 0. The van der Waals surface area contributed by atoms with E-state index in [-0.39, 0.29) is 5.82 Å². The average Bonchev–Trinajstić information content (AvgIpc) is 2.85. The molecule has 1 saturated carbocycles. The van der Waals surface area contributed by atoms with E-state index in [1.165, 1.54) is 25.7 Å². The molecule has 1 aromatic rings. The summed E-state index contributed by atoms with van der Waals surface area (Å²) in [4.78, 5) is 0. The number of hydrogen-bond donors (Lipinski definition) is 1. The molecule has 0 bridgehead atoms. The summed E-state index contributed by atoms with van der Waals surface area (Å²) in [5.74, 6) is 0.643. The van der Waals surface area contributed by atoms with Crippen molar-refractivity contribution in [2.24, 2.45) is 5.92 Å². The Balaban J connectivity index is 1.97. The highest BCUT2D eigenvalue weighted by atomic mass is 19.1. The molecule has 1 atom stereocenters. The zero-order valence-corrected chi connectivity index (χ0v) is 11.4. The van der Waals surface area contributed by atoms with Crippen LogP contribution in [0.3, 0.4) is 0 Å². The van der Waals surface area contributed by atoms with Crippen LogP contribution < -0.4 is 0 Å². The third-order valence-corrected chi connectivity index (χ3v) is 4.17. The number of aryl methyl sites for hydroxylation is 2. The molecule has 100 valence electrons. The molecule has 0 aromatic heterocycles. The quantitative estimate of drug-likeness (QED) is 0.837. The maximum Gasteiger partial charge on any atom is 0.129 e. The van der Waals surface area contributed by atoms with Crippen molar-refractivity contribution in [1.82, 2.24) is 0 Å². The Bertz CT molecular complexity index is 385. The van der Waals surface area contributed by atoms with Gasteiger partial charge in [-0.25, -0.2) is 4.39 Å². The standard InChI is InChI=1S/C16H23FO/c1-11-9-14(10-12(2)16(11)17)15(18)8-7-13-5-3-4-6-13/h9-10,13,15,18H,3-8H2,1-2H3. The highest BCUT2D eigenvalue weighted by Gasteiger charge is 2.18. The number of rotatable bonds is 4. The predicted molar refractivity (Wildman–Crippen MR) is 72.0 cm³/mol. The summed E-state index contributed by atoms with van der Waals surface area (Å²) in [6.45, 7) is 3.52. The molecule has 2 heteroatoms. The molecule has 0 amide bonds. The van der Waals surface area contributed by atoms with Crippen LogP contribution in [0.25, 0.3) is 0 Å². The van der Waals surface area contributed by atoms with E-state index >= 15 is 0 Å². The first-order valence-electron chi connectivity index (χ1n) is 7.02. The van der Waals surface area contributed by atoms with Crippen LogP contribution in [0.5, 0.6) is 0 Å². The number of halogens is 1. The molecule has 1 N–H and O–H groups in total. The average molecular weight is 250 g/mol. The van der Waals surface area contributed by atoms with Crippen molar-refractivity contribution in [3.05, 3.63) is 34.6 Å². The Labute approximate surface area is 109 Å². The van der Waals surface area contributed by atoms with Gasteiger partial charge in [-0.1, -0.05) is 37.8 Å². The van der Waals surface area contributed by atoms with Crippen molar-refractivity contribution < 1.29 is 9.50 Å². The van der Waals surface area contributed by atoms with Gasteiger partial charge in [-0.15, -0.1) is 0 Å². The Morgan fingerprint density at radius 1 is 1.22 bits per heavy atom. The van der Waals surface area contributed by atoms with Gasteiger partial charge in [0.15, 0.2) is 0 Å². The molecule has 1 aliphatic rings. The van der Waals surface area contributed by atoms with Crippen LogP contribution in [-0.4, -0.2) is 5.11 Å². The normalized spacial score (nSPS) is 18.2. The number of aliphatic hydroxyl groups excluding tert-OH is 1. The highest BCUT2D eigenvalue weighted by molar-refractivity contribution is 5.31. The Hall–Kier alpha value is -0.890. The SMILES string of the molecule is Cc1cc(C(O)CCC2CCCC2)cc(C)c1F. The zero-order valence-electron chi connectivity index (χ0n) is 11.4. The van der Waals surface area contributed by atoms with Crippen LogP contribution >= 0.6 is 0 Å². The lowest BCUT2D eigenvalue weighted by Gasteiger charge is -2.16. The number of benzene rings is 1. The second kappa shape index (κ2) is 5.83. The lowest BCUT2D eigenvalue weighted by atomic mass is 9.95. The molecule has 0 heterocycles. The second-order valence-electron chi connectivity index (χ2n) is 5.71. The second-order valence-corrected chi connectivity index (χ2v) is 5.71. The van der Waals surface area contributed by atoms with Gasteiger partial charge in [0, 0.05) is 0 Å². The maximum absolute atomic E-state index is 13.5. The lowest BCUT2D eigenvalue weighted by Crippen LogP contribution is -2.03. The molecule has 1 unspecified atom stereocenters. The van der Waals surface area contributed by atoms with Gasteiger partial charge in [-0.2, -0.15) is 0 Å². The number of aliphatic hydroxyl groups is 1. The first kappa shape index (κ1) is 13.5. The van der Waals surface area contributed by atoms with Gasteiger partial charge in [0.25, 0.3) is 0 Å². The fraction of sp³-hybridized carbons (Fsp3) is 0.625. The fourth-order valence-electron chi connectivity index (χ4n) is 3.03. The van der Waals surface area contributed by atoms with Gasteiger partial charge in [-0.05, 0) is 49.3 Å². The molecule has 1 nitrogen and oxygen atoms in total. The molecule has 0 radical (unpaired) electrons. The predicted octanol–water partition coefficient (Wildman–Crippen LogP) is 4.45. The number of hydrogen-bond acceptors (Lipinski definition) is 1. The molecule has 0 aliphatic heterocycles. The zero-order chi connectivity index (χ0) is 13.1. The molecular weight excluding hydrogens is 227 g/mol. The Morgan fingerprint density at radius 3 is 2.33 bits per heavy atom. The summed E-state index contributed by atoms with van der Waals surface area (Å²) in [7, 11) is 0. The van der Waals surface area contributed by atoms with Gasteiger partial charge in [0.2, 0.25) is 0 Å². The van der Waals surface area contributed by atoms with Crippen LogP contribution in [0.15, 0.2) is 12.1 Å². The van der Waals surface area contributed by atoms with Crippen molar-refractivity contribution in [2.45, 2.75) is 58.5 Å². The summed E-state index contributed by atoms with van der Waals surface area (Å²) in [6.07, 6.45) is 6.77. The first-order chi connectivity index (χ1) is 8.58. The lowest BCUT2D eigenvalue weighted by molar-refractivity contribution is 0.157. The van der Waals surface area contributed by atoms with Gasteiger partial charge < -0.3 is 5.11 Å². The molecule has 0 spiro atoms. The van der Waals surface area contributed by atoms with Crippen LogP contribution in [0.4, 0.5) is 4.39 Å². The van der Waals surface area contributed by atoms with E-state index in [0.29, 0.717) is 11.1 Å². The van der Waals surface area contributed by atoms with Crippen molar-refractivity contribution in [3.8, 4) is 0 Å². The monoisotopic (exact) mass is 250 g/mol. The van der Waals surface area contributed by atoms with Gasteiger partial charge in [-0.3, -0.25) is 0 Å². The van der Waals surface area contributed by atoms with Crippen LogP contribution in [0.2, 0.25) is 0 Å². The minimum atomic E-state index is -0.441. The van der Waals surface area contributed by atoms with E-state index in [1.54, 1.807) is 26.0 Å². The van der Waals surface area contributed by atoms with Crippen molar-refractivity contribution in [1.29, 1.82) is 0 Å². The third kappa shape index (κ3) is 3.11. The van der Waals surface area contributed by atoms with E-state index in [1.807, 2.05) is 0 Å². The maximum atomic E-state index is 13.5. The molecule has 0 saturated heterocycles. The summed E-state index contributed by atoms with van der Waals surface area (Å²) in [5, 5.41) is 10.2. The smallest absolute Gasteiger partial charge is 0.129 e. The van der Waals surface area contributed by atoms with E-state index < -0.39 is 6.10 Å². The summed E-state index contributed by atoms with van der Waals surface area (Å²) in [5.41, 5.74) is 2.12. The van der Waals surface area contributed by atoms with E-state index in [0.717, 1.165) is 24.3 Å². The Kier molecular flexibility index (Phi) is 4.39. The minimum absolute atomic E-state index is 0.151. The van der Waals surface area contributed by atoms with Crippen molar-refractivity contribution in [3.63, 3.8) is 0 Å².